The molecule has 1 saturated heterocycles. The number of anilines is 2. The maximum atomic E-state index is 11.6. The Kier molecular flexibility index (Phi) is 3.62. The lowest BCUT2D eigenvalue weighted by molar-refractivity contribution is 0.342. The van der Waals surface area contributed by atoms with E-state index in [-0.39, 0.29) is 11.5 Å². The second kappa shape index (κ2) is 4.92. The minimum absolute atomic E-state index is 0.137. The summed E-state index contributed by atoms with van der Waals surface area (Å²) in [4.78, 5) is 0. The molecule has 1 aliphatic rings. The van der Waals surface area contributed by atoms with Crippen molar-refractivity contribution in [1.29, 1.82) is 0 Å². The van der Waals surface area contributed by atoms with Gasteiger partial charge in [-0.3, -0.25) is 0 Å². The molecule has 0 spiro atoms. The molecular weight excluding hydrogens is 264 g/mol. The van der Waals surface area contributed by atoms with Crippen molar-refractivity contribution >= 4 is 21.2 Å². The number of hydrogen-bond donors (Lipinski definition) is 2. The summed E-state index contributed by atoms with van der Waals surface area (Å²) >= 11 is 0. The van der Waals surface area contributed by atoms with Gasteiger partial charge in [-0.1, -0.05) is 6.07 Å². The van der Waals surface area contributed by atoms with Crippen LogP contribution in [0.15, 0.2) is 18.2 Å². The number of nitrogens with two attached hydrogens (primary N) is 1. The van der Waals surface area contributed by atoms with Gasteiger partial charge in [-0.25, -0.2) is 8.42 Å². The zero-order chi connectivity index (χ0) is 14.1. The van der Waals surface area contributed by atoms with E-state index >= 15 is 0 Å². The Hall–Kier alpha value is -1.43. The van der Waals surface area contributed by atoms with Gasteiger partial charge in [-0.2, -0.15) is 0 Å². The molecule has 1 aliphatic heterocycles. The number of hydrogen-bond acceptors (Lipinski definition) is 5. The average Bonchev–Trinajstić information content (AvgIpc) is 2.59. The highest BCUT2D eigenvalue weighted by Crippen LogP contribution is 2.34. The van der Waals surface area contributed by atoms with E-state index in [1.807, 2.05) is 26.0 Å². The molecule has 0 saturated carbocycles. The highest BCUT2D eigenvalue weighted by atomic mass is 32.2. The second-order valence-corrected chi connectivity index (χ2v) is 7.36. The average molecular weight is 284 g/mol. The molecule has 3 N–H and O–H groups in total. The predicted molar refractivity (Wildman–Crippen MR) is 77.3 cm³/mol. The van der Waals surface area contributed by atoms with Gasteiger partial charge in [0.1, 0.15) is 5.75 Å². The first-order valence-corrected chi connectivity index (χ1v) is 8.17. The molecule has 5 nitrogen and oxygen atoms in total. The van der Waals surface area contributed by atoms with Crippen molar-refractivity contribution < 1.29 is 13.2 Å². The molecule has 1 heterocycles. The third kappa shape index (κ3) is 3.12. The van der Waals surface area contributed by atoms with Crippen molar-refractivity contribution in [3.8, 4) is 5.75 Å². The van der Waals surface area contributed by atoms with Crippen LogP contribution in [0.4, 0.5) is 11.4 Å². The Morgan fingerprint density at radius 2 is 2.21 bits per heavy atom. The molecule has 19 heavy (non-hydrogen) atoms. The quantitative estimate of drug-likeness (QED) is 0.822. The zero-order valence-electron chi connectivity index (χ0n) is 11.3. The minimum atomic E-state index is -2.94. The highest BCUT2D eigenvalue weighted by Gasteiger charge is 2.38. The first-order chi connectivity index (χ1) is 8.85. The number of nitrogen functional groups attached to an aromatic ring is 1. The fourth-order valence-corrected chi connectivity index (χ4v) is 4.46. The van der Waals surface area contributed by atoms with Gasteiger partial charge >= 0.3 is 0 Å². The van der Waals surface area contributed by atoms with Gasteiger partial charge in [-0.15, -0.1) is 0 Å². The smallest absolute Gasteiger partial charge is 0.152 e. The molecule has 0 bridgehead atoms. The molecule has 0 aromatic heterocycles. The summed E-state index contributed by atoms with van der Waals surface area (Å²) in [6, 6.07) is 5.49. The topological polar surface area (TPSA) is 81.4 Å². The fraction of sp³-hybridized carbons (Fsp3) is 0.538. The molecule has 106 valence electrons. The van der Waals surface area contributed by atoms with E-state index in [4.69, 9.17) is 10.5 Å². The van der Waals surface area contributed by atoms with Crippen LogP contribution in [-0.2, 0) is 9.84 Å². The van der Waals surface area contributed by atoms with E-state index in [0.717, 1.165) is 5.69 Å². The lowest BCUT2D eigenvalue weighted by atomic mass is 10.0. The zero-order valence-corrected chi connectivity index (χ0v) is 12.1. The van der Waals surface area contributed by atoms with Gasteiger partial charge in [0.05, 0.1) is 29.5 Å². The van der Waals surface area contributed by atoms with Crippen molar-refractivity contribution in [1.82, 2.24) is 0 Å². The largest absolute Gasteiger partial charge is 0.492 e. The van der Waals surface area contributed by atoms with Gasteiger partial charge in [0.15, 0.2) is 9.84 Å². The highest BCUT2D eigenvalue weighted by molar-refractivity contribution is 7.91. The summed E-state index contributed by atoms with van der Waals surface area (Å²) in [5.41, 5.74) is 6.83. The maximum absolute atomic E-state index is 11.6. The summed E-state index contributed by atoms with van der Waals surface area (Å²) < 4.78 is 28.6. The Labute approximate surface area is 114 Å². The normalized spacial score (nSPS) is 25.2. The number of rotatable bonds is 4. The number of nitrogens with one attached hydrogen (secondary N) is 1. The van der Waals surface area contributed by atoms with Crippen LogP contribution in [0.25, 0.3) is 0 Å². The molecule has 0 radical (unpaired) electrons. The molecule has 1 unspecified atom stereocenters. The van der Waals surface area contributed by atoms with E-state index in [0.29, 0.717) is 24.5 Å². The van der Waals surface area contributed by atoms with Crippen LogP contribution < -0.4 is 15.8 Å². The SMILES string of the molecule is CCOc1cccc(NC2(C)CCS(=O)(=O)C2)c1N. The van der Waals surface area contributed by atoms with Crippen LogP contribution in [0.1, 0.15) is 20.3 Å². The lowest BCUT2D eigenvalue weighted by Crippen LogP contribution is -2.36. The van der Waals surface area contributed by atoms with Gasteiger partial charge in [0, 0.05) is 5.54 Å². The van der Waals surface area contributed by atoms with Crippen molar-refractivity contribution in [2.75, 3.05) is 29.2 Å². The van der Waals surface area contributed by atoms with Crippen molar-refractivity contribution in [3.63, 3.8) is 0 Å². The van der Waals surface area contributed by atoms with E-state index in [9.17, 15) is 8.42 Å². The fourth-order valence-electron chi connectivity index (χ4n) is 2.37. The monoisotopic (exact) mass is 284 g/mol. The third-order valence-corrected chi connectivity index (χ3v) is 5.21. The summed E-state index contributed by atoms with van der Waals surface area (Å²) in [5, 5.41) is 3.26. The van der Waals surface area contributed by atoms with E-state index in [1.54, 1.807) is 6.07 Å². The molecule has 1 aromatic carbocycles. The van der Waals surface area contributed by atoms with E-state index in [1.165, 1.54) is 0 Å². The van der Waals surface area contributed by atoms with Gasteiger partial charge in [-0.05, 0) is 32.4 Å². The molecule has 6 heteroatoms. The summed E-state index contributed by atoms with van der Waals surface area (Å²) in [6.45, 7) is 4.34. The summed E-state index contributed by atoms with van der Waals surface area (Å²) in [6.07, 6.45) is 0.591. The Bertz CT molecular complexity index is 571. The van der Waals surface area contributed by atoms with Crippen molar-refractivity contribution in [2.24, 2.45) is 0 Å². The number of para-hydroxylation sites is 1. The van der Waals surface area contributed by atoms with Crippen molar-refractivity contribution in [2.45, 2.75) is 25.8 Å². The van der Waals surface area contributed by atoms with Crippen LogP contribution in [-0.4, -0.2) is 32.1 Å². The lowest BCUT2D eigenvalue weighted by Gasteiger charge is -2.26. The maximum Gasteiger partial charge on any atom is 0.152 e. The van der Waals surface area contributed by atoms with Crippen LogP contribution >= 0.6 is 0 Å². The van der Waals surface area contributed by atoms with E-state index in [2.05, 4.69) is 5.32 Å². The molecule has 1 atom stereocenters. The molecule has 0 amide bonds. The van der Waals surface area contributed by atoms with Gasteiger partial charge in [0.2, 0.25) is 0 Å². The molecular formula is C13H20N2O3S. The number of sulfone groups is 1. The second-order valence-electron chi connectivity index (χ2n) is 5.18. The Morgan fingerprint density at radius 1 is 1.47 bits per heavy atom. The van der Waals surface area contributed by atoms with Crippen LogP contribution in [0.5, 0.6) is 5.75 Å². The first-order valence-electron chi connectivity index (χ1n) is 6.35. The van der Waals surface area contributed by atoms with Crippen LogP contribution in [0, 0.1) is 0 Å². The van der Waals surface area contributed by atoms with Crippen LogP contribution in [0.2, 0.25) is 0 Å². The molecule has 2 rings (SSSR count). The molecule has 1 fully saturated rings. The van der Waals surface area contributed by atoms with Crippen LogP contribution in [0.3, 0.4) is 0 Å². The minimum Gasteiger partial charge on any atom is -0.492 e. The Morgan fingerprint density at radius 3 is 2.79 bits per heavy atom. The predicted octanol–water partition coefficient (Wildman–Crippen LogP) is 1.66. The number of benzene rings is 1. The molecule has 0 aliphatic carbocycles. The molecule has 1 aromatic rings. The van der Waals surface area contributed by atoms with Gasteiger partial charge in [0.25, 0.3) is 0 Å². The number of ether oxygens (including phenoxy) is 1. The third-order valence-electron chi connectivity index (χ3n) is 3.31. The summed E-state index contributed by atoms with van der Waals surface area (Å²) in [5.74, 6) is 0.983. The summed E-state index contributed by atoms with van der Waals surface area (Å²) in [7, 11) is -2.94. The van der Waals surface area contributed by atoms with E-state index < -0.39 is 15.4 Å². The standard InChI is InChI=1S/C13H20N2O3S/c1-3-18-11-6-4-5-10(12(11)14)15-13(2)7-8-19(16,17)9-13/h4-6,15H,3,7-9,14H2,1-2H3. The first kappa shape index (κ1) is 14.0. The van der Waals surface area contributed by atoms with Crippen molar-refractivity contribution in [3.05, 3.63) is 18.2 Å². The Balaban J connectivity index is 2.22. The van der Waals surface area contributed by atoms with Gasteiger partial charge < -0.3 is 15.8 Å².